The molecule has 10 heteroatoms. The topological polar surface area (TPSA) is 90.4 Å². The molecule has 3 heterocycles. The van der Waals surface area contributed by atoms with Gasteiger partial charge in [0.2, 0.25) is 11.8 Å². The van der Waals surface area contributed by atoms with Gasteiger partial charge in [0, 0.05) is 34.5 Å². The average molecular weight is 725 g/mol. The molecule has 3 unspecified atom stereocenters. The number of carbonyl (C=O) groups is 3. The lowest BCUT2D eigenvalue weighted by Crippen LogP contribution is -2.59. The minimum atomic E-state index is -0.884. The van der Waals surface area contributed by atoms with E-state index in [9.17, 15) is 14.7 Å². The van der Waals surface area contributed by atoms with E-state index in [1.165, 1.54) is 0 Å². The highest BCUT2D eigenvalue weighted by molar-refractivity contribution is 9.09. The van der Waals surface area contributed by atoms with Gasteiger partial charge in [-0.3, -0.25) is 14.4 Å². The summed E-state index contributed by atoms with van der Waals surface area (Å²) in [5, 5.41) is 10.5. The first-order valence-electron chi connectivity index (χ1n) is 16.3. The van der Waals surface area contributed by atoms with Crippen molar-refractivity contribution in [3.8, 4) is 5.75 Å². The second-order valence-electron chi connectivity index (χ2n) is 13.1. The van der Waals surface area contributed by atoms with Crippen LogP contribution >= 0.6 is 27.7 Å². The van der Waals surface area contributed by atoms with E-state index < -0.39 is 28.7 Å². The summed E-state index contributed by atoms with van der Waals surface area (Å²) >= 11 is 5.49. The highest BCUT2D eigenvalue weighted by atomic mass is 79.9. The van der Waals surface area contributed by atoms with Crippen molar-refractivity contribution < 1.29 is 24.2 Å². The van der Waals surface area contributed by atoms with Crippen LogP contribution in [0, 0.1) is 31.6 Å². The molecule has 2 aromatic rings. The number of benzene rings is 2. The summed E-state index contributed by atoms with van der Waals surface area (Å²) in [6.45, 7) is 18.4. The monoisotopic (exact) mass is 723 g/mol. The van der Waals surface area contributed by atoms with Gasteiger partial charge in [0.15, 0.2) is 0 Å². The van der Waals surface area contributed by atoms with E-state index in [-0.39, 0.29) is 53.4 Å². The third kappa shape index (κ3) is 6.06. The molecule has 2 bridgehead atoms. The van der Waals surface area contributed by atoms with E-state index in [4.69, 9.17) is 4.74 Å². The third-order valence-corrected chi connectivity index (χ3v) is 13.1. The Hall–Kier alpha value is -3.08. The van der Waals surface area contributed by atoms with Gasteiger partial charge in [0.05, 0.1) is 35.8 Å². The number of hydrogen-bond acceptors (Lipinski definition) is 6. The zero-order chi connectivity index (χ0) is 34.2. The Bertz CT molecular complexity index is 1530. The minimum absolute atomic E-state index is 0.0909. The molecule has 2 aromatic carbocycles. The summed E-state index contributed by atoms with van der Waals surface area (Å²) in [4.78, 5) is 49.7. The number of thioether (sulfide) groups is 1. The minimum Gasteiger partial charge on any atom is -0.494 e. The first kappa shape index (κ1) is 35.2. The molecule has 3 aliphatic heterocycles. The van der Waals surface area contributed by atoms with E-state index in [1.54, 1.807) is 38.6 Å². The molecule has 5 rings (SSSR count). The van der Waals surface area contributed by atoms with Gasteiger partial charge in [-0.25, -0.2) is 0 Å². The van der Waals surface area contributed by atoms with E-state index in [1.807, 2.05) is 77.1 Å². The molecular formula is C37H46BrN3O5S. The van der Waals surface area contributed by atoms with Crippen LogP contribution in [0.4, 0.5) is 11.4 Å². The molecule has 0 aliphatic carbocycles. The van der Waals surface area contributed by atoms with Crippen LogP contribution in [0.1, 0.15) is 38.3 Å². The van der Waals surface area contributed by atoms with E-state index in [0.717, 1.165) is 16.8 Å². The molecule has 3 aliphatic rings. The zero-order valence-electron chi connectivity index (χ0n) is 27.9. The number of carbonyl (C=O) groups excluding carboxylic acids is 3. The number of likely N-dealkylation sites (tertiary alicyclic amines) is 1. The van der Waals surface area contributed by atoms with E-state index in [0.29, 0.717) is 24.5 Å². The number of aryl methyl sites for hydroxylation is 2. The molecule has 252 valence electrons. The van der Waals surface area contributed by atoms with Crippen LogP contribution < -0.4 is 14.5 Å². The number of ether oxygens (including phenoxy) is 1. The summed E-state index contributed by atoms with van der Waals surface area (Å²) in [6.07, 6.45) is 3.93. The number of fused-ring (bicyclic) bond motifs is 1. The van der Waals surface area contributed by atoms with Gasteiger partial charge in [-0.2, -0.15) is 0 Å². The van der Waals surface area contributed by atoms with Gasteiger partial charge in [-0.1, -0.05) is 54.1 Å². The molecule has 0 saturated carbocycles. The molecule has 1 N–H and O–H groups in total. The van der Waals surface area contributed by atoms with Crippen LogP contribution in [-0.2, 0) is 14.4 Å². The average Bonchev–Trinajstić information content (AvgIpc) is 3.63. The summed E-state index contributed by atoms with van der Waals surface area (Å²) in [6, 6.07) is 11.9. The number of hydrogen-bond donors (Lipinski definition) is 1. The quantitative estimate of drug-likeness (QED) is 0.204. The highest BCUT2D eigenvalue weighted by Gasteiger charge is 2.76. The Morgan fingerprint density at radius 1 is 1.11 bits per heavy atom. The number of alkyl halides is 1. The maximum absolute atomic E-state index is 15.1. The number of rotatable bonds is 13. The highest BCUT2D eigenvalue weighted by Crippen LogP contribution is 2.68. The third-order valence-electron chi connectivity index (χ3n) is 9.83. The molecule has 1 spiro atoms. The smallest absolute Gasteiger partial charge is 0.251 e. The summed E-state index contributed by atoms with van der Waals surface area (Å²) in [5.41, 5.74) is 3.39. The molecule has 0 radical (unpaired) electrons. The van der Waals surface area contributed by atoms with Gasteiger partial charge in [0.25, 0.3) is 5.91 Å². The molecule has 3 amide bonds. The maximum Gasteiger partial charge on any atom is 0.251 e. The standard InChI is InChI=1S/C37H46BrN3O5S/c1-8-17-39(25-13-15-26(16-14-25)46-10-3)34(43)30-31-35(44)41(29(21-42)22(4)5)33(37(31)20-27(38)32(30)47-37)36(45)40(18-9-2)28-19-23(6)11-12-24(28)7/h8-9,11-16,19,22,27,29-33,42H,1-2,10,17-18,20-21H2,3-7H3/t27?,29-,30+,31-,32+,33?,37?/m0/s1. The molecular weight excluding hydrogens is 678 g/mol. The van der Waals surface area contributed by atoms with Crippen LogP contribution in [-0.4, -0.2) is 80.9 Å². The fourth-order valence-corrected chi connectivity index (χ4v) is 11.3. The van der Waals surface area contributed by atoms with Crippen LogP contribution in [0.3, 0.4) is 0 Å². The van der Waals surface area contributed by atoms with E-state index in [2.05, 4.69) is 29.1 Å². The van der Waals surface area contributed by atoms with Crippen molar-refractivity contribution in [1.29, 1.82) is 0 Å². The number of amides is 3. The maximum atomic E-state index is 15.1. The number of nitrogens with zero attached hydrogens (tertiary/aromatic N) is 3. The Kier molecular flexibility index (Phi) is 10.6. The number of halogens is 1. The van der Waals surface area contributed by atoms with Crippen molar-refractivity contribution >= 4 is 56.8 Å². The molecule has 0 aromatic heterocycles. The van der Waals surface area contributed by atoms with Crippen molar-refractivity contribution in [1.82, 2.24) is 4.90 Å². The number of aliphatic hydroxyl groups excluding tert-OH is 1. The fourth-order valence-electron chi connectivity index (χ4n) is 7.72. The summed E-state index contributed by atoms with van der Waals surface area (Å²) in [5.74, 6) is -1.47. The van der Waals surface area contributed by atoms with Gasteiger partial charge < -0.3 is 24.5 Å². The fraction of sp³-hybridized carbons (Fsp3) is 0.486. The number of anilines is 2. The van der Waals surface area contributed by atoms with Crippen molar-refractivity contribution in [3.63, 3.8) is 0 Å². The largest absolute Gasteiger partial charge is 0.494 e. The molecule has 3 fully saturated rings. The predicted octanol–water partition coefficient (Wildman–Crippen LogP) is 5.92. The van der Waals surface area contributed by atoms with E-state index >= 15 is 4.79 Å². The first-order chi connectivity index (χ1) is 22.4. The second-order valence-corrected chi connectivity index (χ2v) is 15.8. The van der Waals surface area contributed by atoms with Gasteiger partial charge in [0.1, 0.15) is 11.8 Å². The van der Waals surface area contributed by atoms with Crippen molar-refractivity contribution in [2.24, 2.45) is 17.8 Å². The Balaban J connectivity index is 1.62. The Morgan fingerprint density at radius 3 is 2.36 bits per heavy atom. The van der Waals surface area contributed by atoms with Crippen LogP contribution in [0.15, 0.2) is 67.8 Å². The lowest BCUT2D eigenvalue weighted by molar-refractivity contribution is -0.142. The van der Waals surface area contributed by atoms with Gasteiger partial charge in [-0.15, -0.1) is 24.9 Å². The first-order valence-corrected chi connectivity index (χ1v) is 18.1. The van der Waals surface area contributed by atoms with Crippen molar-refractivity contribution in [2.45, 2.75) is 67.9 Å². The lowest BCUT2D eigenvalue weighted by Gasteiger charge is -2.41. The van der Waals surface area contributed by atoms with Crippen LogP contribution in [0.5, 0.6) is 5.75 Å². The van der Waals surface area contributed by atoms with Gasteiger partial charge >= 0.3 is 0 Å². The Morgan fingerprint density at radius 2 is 1.77 bits per heavy atom. The molecule has 3 saturated heterocycles. The van der Waals surface area contributed by atoms with Crippen LogP contribution in [0.25, 0.3) is 0 Å². The van der Waals surface area contributed by atoms with Crippen molar-refractivity contribution in [3.05, 3.63) is 78.9 Å². The van der Waals surface area contributed by atoms with Crippen molar-refractivity contribution in [2.75, 3.05) is 36.1 Å². The van der Waals surface area contributed by atoms with Crippen LogP contribution in [0.2, 0.25) is 0 Å². The lowest BCUT2D eigenvalue weighted by atomic mass is 9.70. The second kappa shape index (κ2) is 14.2. The Labute approximate surface area is 291 Å². The zero-order valence-corrected chi connectivity index (χ0v) is 30.3. The summed E-state index contributed by atoms with van der Waals surface area (Å²) in [7, 11) is 0. The van der Waals surface area contributed by atoms with Gasteiger partial charge in [-0.05, 0) is 74.6 Å². The predicted molar refractivity (Wildman–Crippen MR) is 193 cm³/mol. The normalized spacial score (nSPS) is 26.7. The number of aliphatic hydroxyl groups is 1. The molecule has 7 atom stereocenters. The molecule has 8 nitrogen and oxygen atoms in total. The SMILES string of the molecule is C=CCN(C(=O)[C@H]1[C@@H]2SC3(CC2Br)C(C(=O)N(CC=C)c2cc(C)ccc2C)N([C@@H](CO)C(C)C)C(=O)[C@H]13)c1ccc(OCC)cc1. The molecule has 47 heavy (non-hydrogen) atoms. The summed E-state index contributed by atoms with van der Waals surface area (Å²) < 4.78 is 4.75.